The van der Waals surface area contributed by atoms with Crippen LogP contribution in [0.5, 0.6) is 0 Å². The summed E-state index contributed by atoms with van der Waals surface area (Å²) < 4.78 is 0. The second-order valence-electron chi connectivity index (χ2n) is 6.57. The maximum Gasteiger partial charge on any atom is 0.194 e. The molecule has 0 bridgehead atoms. The molecule has 0 aliphatic carbocycles. The van der Waals surface area contributed by atoms with Crippen molar-refractivity contribution in [2.24, 2.45) is 4.99 Å². The third-order valence-corrected chi connectivity index (χ3v) is 4.59. The Bertz CT molecular complexity index is 786. The lowest BCUT2D eigenvalue weighted by Gasteiger charge is -2.30. The van der Waals surface area contributed by atoms with E-state index in [0.29, 0.717) is 6.54 Å². The van der Waals surface area contributed by atoms with E-state index in [1.165, 1.54) is 11.1 Å². The largest absolute Gasteiger partial charge is 0.362 e. The SMILES string of the molecule is CN=C(NCc1cccnc1N(C)C)N1CC=C(c2ccccc2)CC1.I. The number of benzene rings is 1. The van der Waals surface area contributed by atoms with Crippen LogP contribution in [-0.2, 0) is 6.54 Å². The summed E-state index contributed by atoms with van der Waals surface area (Å²) in [6, 6.07) is 14.7. The van der Waals surface area contributed by atoms with Crippen LogP contribution < -0.4 is 10.2 Å². The molecule has 1 aromatic heterocycles. The smallest absolute Gasteiger partial charge is 0.194 e. The lowest BCUT2D eigenvalue weighted by molar-refractivity contribution is 0.440. The van der Waals surface area contributed by atoms with Crippen molar-refractivity contribution in [3.8, 4) is 0 Å². The highest BCUT2D eigenvalue weighted by molar-refractivity contribution is 14.0. The Morgan fingerprint density at radius 1 is 1.19 bits per heavy atom. The molecule has 0 amide bonds. The summed E-state index contributed by atoms with van der Waals surface area (Å²) in [5.74, 6) is 1.92. The van der Waals surface area contributed by atoms with Crippen LogP contribution in [0.25, 0.3) is 5.57 Å². The van der Waals surface area contributed by atoms with Crippen molar-refractivity contribution < 1.29 is 0 Å². The summed E-state index contributed by atoms with van der Waals surface area (Å²) in [5.41, 5.74) is 3.90. The normalized spacial score (nSPS) is 14.3. The summed E-state index contributed by atoms with van der Waals surface area (Å²) in [6.45, 7) is 2.55. The van der Waals surface area contributed by atoms with Gasteiger partial charge in [-0.25, -0.2) is 4.98 Å². The van der Waals surface area contributed by atoms with Crippen molar-refractivity contribution in [2.75, 3.05) is 39.1 Å². The number of rotatable bonds is 4. The summed E-state index contributed by atoms with van der Waals surface area (Å²) in [6.07, 6.45) is 5.16. The Morgan fingerprint density at radius 3 is 2.59 bits per heavy atom. The van der Waals surface area contributed by atoms with Crippen molar-refractivity contribution in [3.63, 3.8) is 0 Å². The molecule has 1 aromatic carbocycles. The number of nitrogens with one attached hydrogen (secondary N) is 1. The molecular weight excluding hydrogens is 449 g/mol. The van der Waals surface area contributed by atoms with E-state index in [4.69, 9.17) is 0 Å². The summed E-state index contributed by atoms with van der Waals surface area (Å²) in [4.78, 5) is 13.3. The van der Waals surface area contributed by atoms with Crippen molar-refractivity contribution in [1.29, 1.82) is 0 Å². The van der Waals surface area contributed by atoms with Gasteiger partial charge in [-0.1, -0.05) is 42.5 Å². The van der Waals surface area contributed by atoms with Crippen LogP contribution in [0.15, 0.2) is 59.7 Å². The maximum atomic E-state index is 4.47. The Balaban J connectivity index is 0.00000261. The minimum Gasteiger partial charge on any atom is -0.362 e. The highest BCUT2D eigenvalue weighted by Gasteiger charge is 2.16. The predicted molar refractivity (Wildman–Crippen MR) is 125 cm³/mol. The lowest BCUT2D eigenvalue weighted by atomic mass is 10.00. The van der Waals surface area contributed by atoms with E-state index < -0.39 is 0 Å². The number of pyridine rings is 1. The molecule has 0 atom stereocenters. The van der Waals surface area contributed by atoms with Crippen LogP contribution in [0, 0.1) is 0 Å². The molecule has 0 saturated carbocycles. The monoisotopic (exact) mass is 477 g/mol. The molecule has 1 aliphatic heterocycles. The number of hydrogen-bond acceptors (Lipinski definition) is 3. The van der Waals surface area contributed by atoms with Gasteiger partial charge in [-0.3, -0.25) is 4.99 Å². The third-order valence-electron chi connectivity index (χ3n) is 4.59. The number of nitrogens with zero attached hydrogens (tertiary/aromatic N) is 4. The first-order valence-corrected chi connectivity index (χ1v) is 9.00. The van der Waals surface area contributed by atoms with Crippen LogP contribution in [0.1, 0.15) is 17.5 Å². The number of halogens is 1. The van der Waals surface area contributed by atoms with E-state index >= 15 is 0 Å². The van der Waals surface area contributed by atoms with E-state index in [0.717, 1.165) is 36.9 Å². The van der Waals surface area contributed by atoms with Gasteiger partial charge in [0.05, 0.1) is 0 Å². The quantitative estimate of drug-likeness (QED) is 0.415. The first-order valence-electron chi connectivity index (χ1n) is 9.00. The van der Waals surface area contributed by atoms with Gasteiger partial charge in [0.25, 0.3) is 0 Å². The van der Waals surface area contributed by atoms with Gasteiger partial charge in [0.2, 0.25) is 0 Å². The first-order chi connectivity index (χ1) is 12.7. The van der Waals surface area contributed by atoms with Crippen molar-refractivity contribution >= 4 is 41.3 Å². The molecule has 0 spiro atoms. The number of anilines is 1. The molecule has 5 nitrogen and oxygen atoms in total. The van der Waals surface area contributed by atoms with E-state index in [1.807, 2.05) is 38.3 Å². The molecule has 6 heteroatoms. The van der Waals surface area contributed by atoms with Gasteiger partial charge in [-0.05, 0) is 23.6 Å². The molecule has 144 valence electrons. The number of guanidine groups is 1. The number of hydrogen-bond donors (Lipinski definition) is 1. The van der Waals surface area contributed by atoms with Gasteiger partial charge >= 0.3 is 0 Å². The van der Waals surface area contributed by atoms with Crippen LogP contribution in [-0.4, -0.2) is 50.1 Å². The molecule has 0 saturated heterocycles. The molecule has 2 aromatic rings. The van der Waals surface area contributed by atoms with Crippen molar-refractivity contribution in [1.82, 2.24) is 15.2 Å². The average Bonchev–Trinajstić information content (AvgIpc) is 2.70. The Labute approximate surface area is 179 Å². The third kappa shape index (κ3) is 5.45. The minimum absolute atomic E-state index is 0. The summed E-state index contributed by atoms with van der Waals surface area (Å²) in [7, 11) is 5.87. The summed E-state index contributed by atoms with van der Waals surface area (Å²) >= 11 is 0. The van der Waals surface area contributed by atoms with Gasteiger partial charge in [-0.15, -0.1) is 24.0 Å². The van der Waals surface area contributed by atoms with E-state index in [1.54, 1.807) is 0 Å². The molecule has 1 aliphatic rings. The van der Waals surface area contributed by atoms with E-state index in [2.05, 4.69) is 62.7 Å². The van der Waals surface area contributed by atoms with Crippen molar-refractivity contribution in [3.05, 3.63) is 65.9 Å². The van der Waals surface area contributed by atoms with Gasteiger partial charge in [0, 0.05) is 52.5 Å². The molecule has 27 heavy (non-hydrogen) atoms. The van der Waals surface area contributed by atoms with Gasteiger partial charge < -0.3 is 15.1 Å². The fourth-order valence-corrected chi connectivity index (χ4v) is 3.25. The lowest BCUT2D eigenvalue weighted by Crippen LogP contribution is -2.43. The Hall–Kier alpha value is -2.09. The highest BCUT2D eigenvalue weighted by atomic mass is 127. The molecular formula is C21H28IN5. The zero-order valence-electron chi connectivity index (χ0n) is 16.2. The Morgan fingerprint density at radius 2 is 1.96 bits per heavy atom. The van der Waals surface area contributed by atoms with E-state index in [-0.39, 0.29) is 24.0 Å². The molecule has 2 heterocycles. The second-order valence-corrected chi connectivity index (χ2v) is 6.57. The standard InChI is InChI=1S/C21H27N5.HI/c1-22-21(24-16-19-10-7-13-23-20(19)25(2)3)26-14-11-18(12-15-26)17-8-5-4-6-9-17;/h4-11,13H,12,14-16H2,1-3H3,(H,22,24);1H. The molecule has 3 rings (SSSR count). The van der Waals surface area contributed by atoms with Crippen LogP contribution >= 0.6 is 24.0 Å². The molecule has 1 N–H and O–H groups in total. The minimum atomic E-state index is 0. The molecule has 0 radical (unpaired) electrons. The van der Waals surface area contributed by atoms with Crippen molar-refractivity contribution in [2.45, 2.75) is 13.0 Å². The average molecular weight is 477 g/mol. The topological polar surface area (TPSA) is 43.8 Å². The maximum absolute atomic E-state index is 4.47. The zero-order chi connectivity index (χ0) is 18.4. The summed E-state index contributed by atoms with van der Waals surface area (Å²) in [5, 5.41) is 3.49. The van der Waals surface area contributed by atoms with Gasteiger partial charge in [0.15, 0.2) is 5.96 Å². The Kier molecular flexibility index (Phi) is 8.09. The number of aliphatic imine (C=N–C) groups is 1. The molecule has 0 fully saturated rings. The van der Waals surface area contributed by atoms with Crippen LogP contribution in [0.4, 0.5) is 5.82 Å². The molecule has 0 unspecified atom stereocenters. The van der Waals surface area contributed by atoms with Gasteiger partial charge in [0.1, 0.15) is 5.82 Å². The number of aromatic nitrogens is 1. The van der Waals surface area contributed by atoms with Crippen LogP contribution in [0.2, 0.25) is 0 Å². The second kappa shape index (κ2) is 10.3. The fraction of sp³-hybridized carbons (Fsp3) is 0.333. The van der Waals surface area contributed by atoms with Gasteiger partial charge in [-0.2, -0.15) is 0 Å². The van der Waals surface area contributed by atoms with E-state index in [9.17, 15) is 0 Å². The highest BCUT2D eigenvalue weighted by Crippen LogP contribution is 2.22. The zero-order valence-corrected chi connectivity index (χ0v) is 18.6. The van der Waals surface area contributed by atoms with Crippen LogP contribution in [0.3, 0.4) is 0 Å². The fourth-order valence-electron chi connectivity index (χ4n) is 3.25. The predicted octanol–water partition coefficient (Wildman–Crippen LogP) is 3.63. The first kappa shape index (κ1) is 21.2.